The van der Waals surface area contributed by atoms with Crippen LogP contribution in [-0.4, -0.2) is 44.6 Å². The molecule has 0 rings (SSSR count). The molecule has 0 radical (unpaired) electrons. The standard InChI is InChI=1S/C10H25N3O2/c1-10(2,13)9(12)3-5-14-7-8-15-6-4-11/h9H,3-8,11-13H2,1-2H3. The van der Waals surface area contributed by atoms with Gasteiger partial charge in [-0.3, -0.25) is 0 Å². The van der Waals surface area contributed by atoms with Crippen LogP contribution in [0.15, 0.2) is 0 Å². The highest BCUT2D eigenvalue weighted by Gasteiger charge is 2.20. The summed E-state index contributed by atoms with van der Waals surface area (Å²) in [6.07, 6.45) is 0.764. The average Bonchev–Trinajstić information content (AvgIpc) is 2.14. The molecule has 0 aliphatic rings. The van der Waals surface area contributed by atoms with Crippen molar-refractivity contribution >= 4 is 0 Å². The predicted molar refractivity (Wildman–Crippen MR) is 61.6 cm³/mol. The molecule has 0 bridgehead atoms. The van der Waals surface area contributed by atoms with Gasteiger partial charge in [0.25, 0.3) is 0 Å². The van der Waals surface area contributed by atoms with E-state index in [4.69, 9.17) is 26.7 Å². The predicted octanol–water partition coefficient (Wildman–Crippen LogP) is -0.567. The molecule has 6 N–H and O–H groups in total. The molecule has 15 heavy (non-hydrogen) atoms. The Morgan fingerprint density at radius 3 is 2.07 bits per heavy atom. The molecule has 0 aromatic heterocycles. The molecule has 1 unspecified atom stereocenters. The molecule has 0 aromatic rings. The van der Waals surface area contributed by atoms with Crippen LogP contribution < -0.4 is 17.2 Å². The first-order chi connectivity index (χ1) is 6.98. The summed E-state index contributed by atoms with van der Waals surface area (Å²) in [4.78, 5) is 0. The molecule has 0 saturated heterocycles. The second-order valence-electron chi connectivity index (χ2n) is 4.23. The minimum atomic E-state index is -0.348. The molecular weight excluding hydrogens is 194 g/mol. The van der Waals surface area contributed by atoms with Crippen molar-refractivity contribution in [1.29, 1.82) is 0 Å². The van der Waals surface area contributed by atoms with Crippen molar-refractivity contribution in [2.24, 2.45) is 17.2 Å². The van der Waals surface area contributed by atoms with Crippen molar-refractivity contribution in [3.63, 3.8) is 0 Å². The zero-order valence-electron chi connectivity index (χ0n) is 9.87. The minimum Gasteiger partial charge on any atom is -0.379 e. The van der Waals surface area contributed by atoms with E-state index in [-0.39, 0.29) is 11.6 Å². The van der Waals surface area contributed by atoms with Crippen LogP contribution in [0.3, 0.4) is 0 Å². The molecule has 0 amide bonds. The summed E-state index contributed by atoms with van der Waals surface area (Å²) in [6.45, 7) is 6.75. The van der Waals surface area contributed by atoms with Crippen LogP contribution in [-0.2, 0) is 9.47 Å². The van der Waals surface area contributed by atoms with Gasteiger partial charge in [0.2, 0.25) is 0 Å². The Bertz CT molecular complexity index is 148. The summed E-state index contributed by atoms with van der Waals surface area (Å²) in [7, 11) is 0. The molecule has 0 aliphatic carbocycles. The van der Waals surface area contributed by atoms with Crippen LogP contribution in [0, 0.1) is 0 Å². The number of hydrogen-bond donors (Lipinski definition) is 3. The van der Waals surface area contributed by atoms with E-state index in [1.165, 1.54) is 0 Å². The maximum absolute atomic E-state index is 5.86. The molecule has 0 spiro atoms. The largest absolute Gasteiger partial charge is 0.379 e. The lowest BCUT2D eigenvalue weighted by Gasteiger charge is -2.26. The van der Waals surface area contributed by atoms with Crippen LogP contribution >= 0.6 is 0 Å². The lowest BCUT2D eigenvalue weighted by Crippen LogP contribution is -2.50. The van der Waals surface area contributed by atoms with Crippen molar-refractivity contribution in [2.45, 2.75) is 31.8 Å². The van der Waals surface area contributed by atoms with Crippen molar-refractivity contribution in [2.75, 3.05) is 33.0 Å². The van der Waals surface area contributed by atoms with E-state index in [0.717, 1.165) is 6.42 Å². The summed E-state index contributed by atoms with van der Waals surface area (Å²) in [5.74, 6) is 0. The van der Waals surface area contributed by atoms with E-state index in [2.05, 4.69) is 0 Å². The quantitative estimate of drug-likeness (QED) is 0.451. The summed E-state index contributed by atoms with van der Waals surface area (Å²) in [5, 5.41) is 0. The lowest BCUT2D eigenvalue weighted by molar-refractivity contribution is 0.0464. The molecule has 0 fully saturated rings. The molecule has 5 nitrogen and oxygen atoms in total. The Hall–Kier alpha value is -0.200. The van der Waals surface area contributed by atoms with Gasteiger partial charge in [-0.1, -0.05) is 0 Å². The van der Waals surface area contributed by atoms with Crippen LogP contribution in [0.25, 0.3) is 0 Å². The third-order valence-electron chi connectivity index (χ3n) is 2.16. The Morgan fingerprint density at radius 2 is 1.60 bits per heavy atom. The SMILES string of the molecule is CC(C)(N)C(N)CCOCCOCCN. The van der Waals surface area contributed by atoms with E-state index < -0.39 is 0 Å². The summed E-state index contributed by atoms with van der Waals surface area (Å²) >= 11 is 0. The zero-order valence-corrected chi connectivity index (χ0v) is 9.87. The molecule has 0 aromatic carbocycles. The topological polar surface area (TPSA) is 96.5 Å². The molecule has 5 heteroatoms. The van der Waals surface area contributed by atoms with Crippen molar-refractivity contribution in [1.82, 2.24) is 0 Å². The van der Waals surface area contributed by atoms with Crippen LogP contribution in [0.1, 0.15) is 20.3 Å². The Balaban J connectivity index is 3.24. The number of hydrogen-bond acceptors (Lipinski definition) is 5. The van der Waals surface area contributed by atoms with Crippen molar-refractivity contribution in [3.8, 4) is 0 Å². The van der Waals surface area contributed by atoms with Crippen LogP contribution in [0.2, 0.25) is 0 Å². The highest BCUT2D eigenvalue weighted by molar-refractivity contribution is 4.84. The highest BCUT2D eigenvalue weighted by Crippen LogP contribution is 2.05. The van der Waals surface area contributed by atoms with Gasteiger partial charge < -0.3 is 26.7 Å². The number of nitrogens with two attached hydrogens (primary N) is 3. The van der Waals surface area contributed by atoms with E-state index in [1.54, 1.807) is 0 Å². The number of rotatable bonds is 9. The van der Waals surface area contributed by atoms with E-state index in [0.29, 0.717) is 33.0 Å². The van der Waals surface area contributed by atoms with Gasteiger partial charge in [0.15, 0.2) is 0 Å². The van der Waals surface area contributed by atoms with Gasteiger partial charge >= 0.3 is 0 Å². The molecule has 92 valence electrons. The smallest absolute Gasteiger partial charge is 0.0701 e. The van der Waals surface area contributed by atoms with Crippen molar-refractivity contribution < 1.29 is 9.47 Å². The summed E-state index contributed by atoms with van der Waals surface area (Å²) < 4.78 is 10.5. The molecule has 1 atom stereocenters. The Kier molecular flexibility index (Phi) is 7.90. The van der Waals surface area contributed by atoms with Gasteiger partial charge in [-0.2, -0.15) is 0 Å². The first kappa shape index (κ1) is 14.8. The maximum atomic E-state index is 5.86. The molecular formula is C10H25N3O2. The Morgan fingerprint density at radius 1 is 1.07 bits per heavy atom. The van der Waals surface area contributed by atoms with E-state index >= 15 is 0 Å². The van der Waals surface area contributed by atoms with Crippen molar-refractivity contribution in [3.05, 3.63) is 0 Å². The molecule has 0 heterocycles. The van der Waals surface area contributed by atoms with Gasteiger partial charge in [0.05, 0.1) is 19.8 Å². The zero-order chi connectivity index (χ0) is 11.7. The number of ether oxygens (including phenoxy) is 2. The minimum absolute atomic E-state index is 0.0394. The molecule has 0 saturated carbocycles. The van der Waals surface area contributed by atoms with Crippen LogP contribution in [0.5, 0.6) is 0 Å². The first-order valence-electron chi connectivity index (χ1n) is 5.38. The normalized spacial score (nSPS) is 14.2. The maximum Gasteiger partial charge on any atom is 0.0701 e. The fourth-order valence-electron chi connectivity index (χ4n) is 0.988. The average molecular weight is 219 g/mol. The van der Waals surface area contributed by atoms with E-state index in [1.807, 2.05) is 13.8 Å². The fraction of sp³-hybridized carbons (Fsp3) is 1.00. The highest BCUT2D eigenvalue weighted by atomic mass is 16.5. The van der Waals surface area contributed by atoms with Gasteiger partial charge in [0.1, 0.15) is 0 Å². The van der Waals surface area contributed by atoms with Gasteiger partial charge in [-0.05, 0) is 20.3 Å². The monoisotopic (exact) mass is 219 g/mol. The Labute approximate surface area is 92.3 Å². The van der Waals surface area contributed by atoms with Gasteiger partial charge in [0, 0.05) is 24.7 Å². The fourth-order valence-corrected chi connectivity index (χ4v) is 0.988. The first-order valence-corrected chi connectivity index (χ1v) is 5.38. The lowest BCUT2D eigenvalue weighted by atomic mass is 9.94. The van der Waals surface area contributed by atoms with Gasteiger partial charge in [-0.25, -0.2) is 0 Å². The van der Waals surface area contributed by atoms with Crippen LogP contribution in [0.4, 0.5) is 0 Å². The third kappa shape index (κ3) is 8.77. The van der Waals surface area contributed by atoms with E-state index in [9.17, 15) is 0 Å². The second kappa shape index (κ2) is 8.01. The molecule has 0 aliphatic heterocycles. The summed E-state index contributed by atoms with van der Waals surface area (Å²) in [5.41, 5.74) is 16.6. The summed E-state index contributed by atoms with van der Waals surface area (Å²) in [6, 6.07) is -0.0394. The second-order valence-corrected chi connectivity index (χ2v) is 4.23. The van der Waals surface area contributed by atoms with Gasteiger partial charge in [-0.15, -0.1) is 0 Å². The third-order valence-corrected chi connectivity index (χ3v) is 2.16.